The molecule has 1 aliphatic heterocycles. The summed E-state index contributed by atoms with van der Waals surface area (Å²) in [6.45, 7) is 0.866. The van der Waals surface area contributed by atoms with Crippen LogP contribution in [0.3, 0.4) is 0 Å². The van der Waals surface area contributed by atoms with E-state index in [0.717, 1.165) is 30.7 Å². The maximum absolute atomic E-state index is 12.6. The van der Waals surface area contributed by atoms with Crippen molar-refractivity contribution in [2.75, 3.05) is 13.7 Å². The number of likely N-dealkylation sites (tertiary alicyclic amines) is 1. The number of amides is 1. The third-order valence-electron chi connectivity index (χ3n) is 3.93. The Morgan fingerprint density at radius 1 is 1.38 bits per heavy atom. The van der Waals surface area contributed by atoms with E-state index in [9.17, 15) is 4.79 Å². The van der Waals surface area contributed by atoms with Gasteiger partial charge in [0.15, 0.2) is 0 Å². The topological polar surface area (TPSA) is 29.5 Å². The maximum Gasteiger partial charge on any atom is 0.227 e. The Balaban J connectivity index is 1.72. The highest BCUT2D eigenvalue weighted by atomic mass is 32.1. The first kappa shape index (κ1) is 14.1. The monoisotopic (exact) mass is 301 g/mol. The molecule has 0 N–H and O–H groups in total. The number of ether oxygens (including phenoxy) is 1. The van der Waals surface area contributed by atoms with E-state index in [4.69, 9.17) is 4.74 Å². The van der Waals surface area contributed by atoms with Gasteiger partial charge in [-0.3, -0.25) is 4.79 Å². The molecule has 1 aromatic heterocycles. The van der Waals surface area contributed by atoms with Crippen molar-refractivity contribution in [2.45, 2.75) is 25.3 Å². The van der Waals surface area contributed by atoms with Crippen LogP contribution in [0.2, 0.25) is 0 Å². The van der Waals surface area contributed by atoms with Crippen molar-refractivity contribution in [1.82, 2.24) is 4.90 Å². The van der Waals surface area contributed by atoms with Crippen LogP contribution in [0.4, 0.5) is 0 Å². The first-order chi connectivity index (χ1) is 10.3. The van der Waals surface area contributed by atoms with Gasteiger partial charge in [-0.2, -0.15) is 0 Å². The summed E-state index contributed by atoms with van der Waals surface area (Å²) in [6.07, 6.45) is 2.61. The van der Waals surface area contributed by atoms with Gasteiger partial charge in [0, 0.05) is 11.4 Å². The number of benzene rings is 1. The lowest BCUT2D eigenvalue weighted by Crippen LogP contribution is -2.31. The molecular formula is C17H19NO2S. The van der Waals surface area contributed by atoms with E-state index in [1.807, 2.05) is 29.2 Å². The van der Waals surface area contributed by atoms with Gasteiger partial charge in [-0.25, -0.2) is 0 Å². The minimum absolute atomic E-state index is 0.208. The van der Waals surface area contributed by atoms with Crippen LogP contribution < -0.4 is 4.74 Å². The first-order valence-electron chi connectivity index (χ1n) is 7.24. The molecule has 1 atom stereocenters. The number of carbonyl (C=O) groups is 1. The average molecular weight is 301 g/mol. The van der Waals surface area contributed by atoms with Crippen LogP contribution in [0.1, 0.15) is 29.3 Å². The third kappa shape index (κ3) is 3.10. The van der Waals surface area contributed by atoms with Crippen molar-refractivity contribution in [3.63, 3.8) is 0 Å². The van der Waals surface area contributed by atoms with Crippen molar-refractivity contribution in [2.24, 2.45) is 0 Å². The normalized spacial score (nSPS) is 18.0. The second kappa shape index (κ2) is 6.31. The molecule has 1 unspecified atom stereocenters. The van der Waals surface area contributed by atoms with Crippen LogP contribution in [0.25, 0.3) is 0 Å². The van der Waals surface area contributed by atoms with E-state index < -0.39 is 0 Å². The number of hydrogen-bond donors (Lipinski definition) is 0. The Labute approximate surface area is 129 Å². The van der Waals surface area contributed by atoms with Crippen molar-refractivity contribution < 1.29 is 9.53 Å². The van der Waals surface area contributed by atoms with Gasteiger partial charge in [0.1, 0.15) is 5.75 Å². The highest BCUT2D eigenvalue weighted by Gasteiger charge is 2.30. The fraction of sp³-hybridized carbons (Fsp3) is 0.353. The molecule has 3 nitrogen and oxygen atoms in total. The zero-order chi connectivity index (χ0) is 14.7. The lowest BCUT2D eigenvalue weighted by atomic mass is 10.1. The molecule has 0 bridgehead atoms. The number of hydrogen-bond acceptors (Lipinski definition) is 3. The summed E-state index contributed by atoms with van der Waals surface area (Å²) in [4.78, 5) is 15.9. The Bertz CT molecular complexity index is 609. The van der Waals surface area contributed by atoms with Crippen molar-refractivity contribution in [3.8, 4) is 5.75 Å². The zero-order valence-corrected chi connectivity index (χ0v) is 12.9. The second-order valence-electron chi connectivity index (χ2n) is 5.29. The van der Waals surface area contributed by atoms with E-state index in [-0.39, 0.29) is 11.9 Å². The summed E-state index contributed by atoms with van der Waals surface area (Å²) in [6, 6.07) is 12.2. The number of thiophene rings is 1. The van der Waals surface area contributed by atoms with Gasteiger partial charge in [-0.1, -0.05) is 18.2 Å². The number of carbonyl (C=O) groups excluding carboxylic acids is 1. The lowest BCUT2D eigenvalue weighted by molar-refractivity contribution is -0.131. The van der Waals surface area contributed by atoms with E-state index in [1.54, 1.807) is 18.4 Å². The molecule has 0 spiro atoms. The maximum atomic E-state index is 12.6. The highest BCUT2D eigenvalue weighted by molar-refractivity contribution is 7.10. The number of rotatable bonds is 4. The van der Waals surface area contributed by atoms with E-state index in [0.29, 0.717) is 6.42 Å². The molecule has 1 saturated heterocycles. The number of methoxy groups -OCH3 is 1. The third-order valence-corrected chi connectivity index (χ3v) is 4.91. The van der Waals surface area contributed by atoms with Gasteiger partial charge in [0.2, 0.25) is 5.91 Å². The minimum atomic E-state index is 0.208. The molecule has 1 fully saturated rings. The van der Waals surface area contributed by atoms with Crippen molar-refractivity contribution >= 4 is 17.2 Å². The van der Waals surface area contributed by atoms with E-state index in [2.05, 4.69) is 17.5 Å². The average Bonchev–Trinajstić information content (AvgIpc) is 3.18. The predicted molar refractivity (Wildman–Crippen MR) is 84.7 cm³/mol. The summed E-state index contributed by atoms with van der Waals surface area (Å²) in [5.41, 5.74) is 1.01. The quantitative estimate of drug-likeness (QED) is 0.862. The molecular weight excluding hydrogens is 282 g/mol. The smallest absolute Gasteiger partial charge is 0.227 e. The molecule has 110 valence electrons. The number of nitrogens with zero attached hydrogens (tertiary/aromatic N) is 1. The highest BCUT2D eigenvalue weighted by Crippen LogP contribution is 2.34. The van der Waals surface area contributed by atoms with Gasteiger partial charge in [-0.15, -0.1) is 11.3 Å². The molecule has 1 aliphatic rings. The first-order valence-corrected chi connectivity index (χ1v) is 8.11. The largest absolute Gasteiger partial charge is 0.497 e. The summed E-state index contributed by atoms with van der Waals surface area (Å²) in [5.74, 6) is 1.01. The summed E-state index contributed by atoms with van der Waals surface area (Å²) < 4.78 is 5.22. The van der Waals surface area contributed by atoms with Crippen LogP contribution in [0, 0.1) is 0 Å². The molecule has 1 amide bonds. The molecule has 0 saturated carbocycles. The Morgan fingerprint density at radius 3 is 3.05 bits per heavy atom. The van der Waals surface area contributed by atoms with Gasteiger partial charge >= 0.3 is 0 Å². The molecule has 2 heterocycles. The fourth-order valence-electron chi connectivity index (χ4n) is 2.90. The van der Waals surface area contributed by atoms with Crippen molar-refractivity contribution in [3.05, 3.63) is 52.2 Å². The molecule has 3 rings (SSSR count). The van der Waals surface area contributed by atoms with Crippen LogP contribution in [-0.2, 0) is 11.2 Å². The predicted octanol–water partition coefficient (Wildman–Crippen LogP) is 3.66. The van der Waals surface area contributed by atoms with Crippen LogP contribution in [0.15, 0.2) is 41.8 Å². The summed E-state index contributed by atoms with van der Waals surface area (Å²) in [7, 11) is 1.65. The van der Waals surface area contributed by atoms with E-state index >= 15 is 0 Å². The molecule has 2 aromatic rings. The SMILES string of the molecule is COc1cccc(CC(=O)N2CCCC2c2cccs2)c1. The van der Waals surface area contributed by atoms with Gasteiger partial charge in [-0.05, 0) is 42.0 Å². The zero-order valence-electron chi connectivity index (χ0n) is 12.1. The van der Waals surface area contributed by atoms with Gasteiger partial charge in [0.25, 0.3) is 0 Å². The van der Waals surface area contributed by atoms with Crippen LogP contribution in [-0.4, -0.2) is 24.5 Å². The molecule has 4 heteroatoms. The van der Waals surface area contributed by atoms with Crippen molar-refractivity contribution in [1.29, 1.82) is 0 Å². The Morgan fingerprint density at radius 2 is 2.29 bits per heavy atom. The molecule has 1 aromatic carbocycles. The van der Waals surface area contributed by atoms with Gasteiger partial charge < -0.3 is 9.64 Å². The van der Waals surface area contributed by atoms with E-state index in [1.165, 1.54) is 4.88 Å². The Hall–Kier alpha value is -1.81. The standard InChI is InChI=1S/C17H19NO2S/c1-20-14-6-2-5-13(11-14)12-17(19)18-9-3-7-15(18)16-8-4-10-21-16/h2,4-6,8,10-11,15H,3,7,9,12H2,1H3. The molecule has 21 heavy (non-hydrogen) atoms. The molecule has 0 radical (unpaired) electrons. The minimum Gasteiger partial charge on any atom is -0.497 e. The summed E-state index contributed by atoms with van der Waals surface area (Å²) >= 11 is 1.74. The van der Waals surface area contributed by atoms with Crippen LogP contribution >= 0.6 is 11.3 Å². The van der Waals surface area contributed by atoms with Crippen LogP contribution in [0.5, 0.6) is 5.75 Å². The Kier molecular flexibility index (Phi) is 4.25. The molecule has 0 aliphatic carbocycles. The lowest BCUT2D eigenvalue weighted by Gasteiger charge is -2.24. The summed E-state index contributed by atoms with van der Waals surface area (Å²) in [5, 5.41) is 2.08. The van der Waals surface area contributed by atoms with Gasteiger partial charge in [0.05, 0.1) is 19.6 Å². The fourth-order valence-corrected chi connectivity index (χ4v) is 3.77. The second-order valence-corrected chi connectivity index (χ2v) is 6.27.